The number of rotatable bonds is 13. The van der Waals surface area contributed by atoms with Gasteiger partial charge < -0.3 is 37.9 Å². The zero-order valence-electron chi connectivity index (χ0n) is 28.5. The molecule has 11 nitrogen and oxygen atoms in total. The maximum atomic E-state index is 13.0. The predicted octanol–water partition coefficient (Wildman–Crippen LogP) is 6.48. The predicted molar refractivity (Wildman–Crippen MR) is 190 cm³/mol. The molecule has 6 rings (SSSR count). The molecule has 2 saturated heterocycles. The monoisotopic (exact) mass is 704 g/mol. The molecule has 52 heavy (non-hydrogen) atoms. The highest BCUT2D eigenvalue weighted by Gasteiger charge is 2.51. The summed E-state index contributed by atoms with van der Waals surface area (Å²) in [7, 11) is 3.15. The summed E-state index contributed by atoms with van der Waals surface area (Å²) in [5.41, 5.74) is 2.20. The third kappa shape index (κ3) is 9.13. The number of methoxy groups -OCH3 is 2. The van der Waals surface area contributed by atoms with E-state index in [9.17, 15) is 14.4 Å². The number of fused-ring (bicyclic) bond motifs is 1. The van der Waals surface area contributed by atoms with Crippen molar-refractivity contribution < 1.29 is 52.3 Å². The van der Waals surface area contributed by atoms with Gasteiger partial charge in [-0.05, 0) is 96.1 Å². The summed E-state index contributed by atoms with van der Waals surface area (Å²) >= 11 is 0. The van der Waals surface area contributed by atoms with Crippen molar-refractivity contribution in [2.45, 2.75) is 24.4 Å². The standard InChI is InChI=1S/C41H36O11/c1-26(49-33-19-15-31(45-2)16-20-33)4-5-27-6-11-29(12-7-27)40(43)51-35-24-47-39-36(25-48-38(35)39)52-41(44)30-13-8-28(9-14-30)10-23-37(42)50-34-21-17-32(46-3)18-22-34/h4-23,35-36,38-39H,1,24-25H2,2-3H3/b5-4+,23-10+/t35-,36+,38+,39+/m0/s1. The summed E-state index contributed by atoms with van der Waals surface area (Å²) in [6.07, 6.45) is 3.92. The summed E-state index contributed by atoms with van der Waals surface area (Å²) in [6.45, 7) is 4.12. The normalized spacial score (nSPS) is 19.2. The van der Waals surface area contributed by atoms with Crippen molar-refractivity contribution in [3.63, 3.8) is 0 Å². The van der Waals surface area contributed by atoms with E-state index in [4.69, 9.17) is 37.9 Å². The highest BCUT2D eigenvalue weighted by Crippen LogP contribution is 2.32. The van der Waals surface area contributed by atoms with Gasteiger partial charge >= 0.3 is 17.9 Å². The second-order valence-electron chi connectivity index (χ2n) is 11.7. The van der Waals surface area contributed by atoms with Gasteiger partial charge in [0.15, 0.2) is 12.2 Å². The van der Waals surface area contributed by atoms with Gasteiger partial charge in [-0.1, -0.05) is 36.9 Å². The van der Waals surface area contributed by atoms with E-state index in [-0.39, 0.29) is 13.2 Å². The first-order chi connectivity index (χ1) is 25.3. The third-order valence-corrected chi connectivity index (χ3v) is 8.23. The molecular formula is C41H36O11. The van der Waals surface area contributed by atoms with E-state index >= 15 is 0 Å². The van der Waals surface area contributed by atoms with Gasteiger partial charge in [0.05, 0.1) is 38.6 Å². The van der Waals surface area contributed by atoms with Gasteiger partial charge in [-0.15, -0.1) is 0 Å². The fraction of sp³-hybridized carbons (Fsp3) is 0.195. The Morgan fingerprint density at radius 1 is 0.577 bits per heavy atom. The summed E-state index contributed by atoms with van der Waals surface area (Å²) in [5.74, 6) is 1.21. The van der Waals surface area contributed by atoms with Gasteiger partial charge in [-0.2, -0.15) is 0 Å². The van der Waals surface area contributed by atoms with E-state index in [2.05, 4.69) is 6.58 Å². The Morgan fingerprint density at radius 3 is 1.42 bits per heavy atom. The van der Waals surface area contributed by atoms with Crippen LogP contribution >= 0.6 is 0 Å². The molecule has 0 aliphatic carbocycles. The van der Waals surface area contributed by atoms with E-state index in [0.29, 0.717) is 39.7 Å². The molecule has 0 aromatic heterocycles. The lowest BCUT2D eigenvalue weighted by Gasteiger charge is -2.17. The summed E-state index contributed by atoms with van der Waals surface area (Å²) in [4.78, 5) is 38.1. The zero-order valence-corrected chi connectivity index (χ0v) is 28.5. The molecule has 2 aliphatic heterocycles. The van der Waals surface area contributed by atoms with Crippen molar-refractivity contribution in [1.29, 1.82) is 0 Å². The van der Waals surface area contributed by atoms with E-state index in [1.807, 2.05) is 6.08 Å². The lowest BCUT2D eigenvalue weighted by atomic mass is 10.1. The Morgan fingerprint density at radius 2 is 0.981 bits per heavy atom. The minimum atomic E-state index is -0.678. The molecule has 4 aromatic carbocycles. The van der Waals surface area contributed by atoms with Crippen molar-refractivity contribution in [3.8, 4) is 23.0 Å². The smallest absolute Gasteiger partial charge is 0.338 e. The molecule has 0 spiro atoms. The van der Waals surface area contributed by atoms with Crippen LogP contribution in [0.3, 0.4) is 0 Å². The number of carbonyl (C=O) groups excluding carboxylic acids is 3. The van der Waals surface area contributed by atoms with Gasteiger partial charge in [0.25, 0.3) is 0 Å². The fourth-order valence-electron chi connectivity index (χ4n) is 5.48. The largest absolute Gasteiger partial charge is 0.497 e. The van der Waals surface area contributed by atoms with Crippen LogP contribution in [0, 0.1) is 0 Å². The molecular weight excluding hydrogens is 668 g/mol. The second kappa shape index (κ2) is 16.7. The van der Waals surface area contributed by atoms with Crippen LogP contribution < -0.4 is 18.9 Å². The molecule has 2 aliphatic rings. The van der Waals surface area contributed by atoms with Crippen LogP contribution in [0.1, 0.15) is 31.8 Å². The topological polar surface area (TPSA) is 125 Å². The lowest BCUT2D eigenvalue weighted by molar-refractivity contribution is -0.128. The molecule has 0 radical (unpaired) electrons. The first kappa shape index (κ1) is 35.6. The molecule has 11 heteroatoms. The number of hydrogen-bond donors (Lipinski definition) is 0. The molecule has 0 unspecified atom stereocenters. The van der Waals surface area contributed by atoms with Crippen LogP contribution in [0.4, 0.5) is 0 Å². The quantitative estimate of drug-likeness (QED) is 0.0500. The van der Waals surface area contributed by atoms with Gasteiger partial charge in [-0.3, -0.25) is 0 Å². The maximum absolute atomic E-state index is 13.0. The zero-order chi connectivity index (χ0) is 36.5. The van der Waals surface area contributed by atoms with Crippen molar-refractivity contribution >= 4 is 30.1 Å². The van der Waals surface area contributed by atoms with Crippen LogP contribution in [-0.4, -0.2) is 69.8 Å². The van der Waals surface area contributed by atoms with E-state index in [1.165, 1.54) is 6.08 Å². The van der Waals surface area contributed by atoms with Crippen LogP contribution in [0.2, 0.25) is 0 Å². The Balaban J connectivity index is 0.947. The van der Waals surface area contributed by atoms with Gasteiger partial charge in [0, 0.05) is 6.08 Å². The summed E-state index contributed by atoms with van der Waals surface area (Å²) < 4.78 is 44.4. The molecule has 4 aromatic rings. The molecule has 4 atom stereocenters. The molecule has 0 bridgehead atoms. The third-order valence-electron chi connectivity index (χ3n) is 8.23. The Bertz CT molecular complexity index is 1790. The van der Waals surface area contributed by atoms with E-state index in [1.54, 1.807) is 123 Å². The molecule has 266 valence electrons. The Hall–Kier alpha value is -6.17. The van der Waals surface area contributed by atoms with Crippen molar-refractivity contribution in [2.75, 3.05) is 27.4 Å². The Labute approximate surface area is 300 Å². The van der Waals surface area contributed by atoms with Crippen LogP contribution in [-0.2, 0) is 23.7 Å². The molecule has 2 heterocycles. The average Bonchev–Trinajstić information content (AvgIpc) is 3.76. The first-order valence-corrected chi connectivity index (χ1v) is 16.4. The lowest BCUT2D eigenvalue weighted by Crippen LogP contribution is -2.36. The highest BCUT2D eigenvalue weighted by molar-refractivity contribution is 5.91. The number of allylic oxidation sites excluding steroid dienone is 1. The minimum absolute atomic E-state index is 0.0980. The number of benzene rings is 4. The minimum Gasteiger partial charge on any atom is -0.497 e. The number of esters is 3. The van der Waals surface area contributed by atoms with Crippen molar-refractivity contribution in [3.05, 3.63) is 144 Å². The number of ether oxygens (including phenoxy) is 8. The van der Waals surface area contributed by atoms with E-state index < -0.39 is 42.3 Å². The summed E-state index contributed by atoms with van der Waals surface area (Å²) in [5, 5.41) is 0. The molecule has 2 fully saturated rings. The Kier molecular flexibility index (Phi) is 11.4. The van der Waals surface area contributed by atoms with Crippen molar-refractivity contribution in [1.82, 2.24) is 0 Å². The van der Waals surface area contributed by atoms with Gasteiger partial charge in [0.1, 0.15) is 41.0 Å². The maximum Gasteiger partial charge on any atom is 0.338 e. The molecule has 0 saturated carbocycles. The number of carbonyl (C=O) groups is 3. The van der Waals surface area contributed by atoms with E-state index in [0.717, 1.165) is 11.3 Å². The van der Waals surface area contributed by atoms with Gasteiger partial charge in [-0.25, -0.2) is 14.4 Å². The second-order valence-corrected chi connectivity index (χ2v) is 11.7. The van der Waals surface area contributed by atoms with Crippen LogP contribution in [0.5, 0.6) is 23.0 Å². The number of hydrogen-bond acceptors (Lipinski definition) is 11. The van der Waals surface area contributed by atoms with Crippen LogP contribution in [0.25, 0.3) is 12.2 Å². The van der Waals surface area contributed by atoms with Gasteiger partial charge in [0.2, 0.25) is 0 Å². The first-order valence-electron chi connectivity index (χ1n) is 16.4. The van der Waals surface area contributed by atoms with Crippen LogP contribution in [0.15, 0.2) is 122 Å². The fourth-order valence-corrected chi connectivity index (χ4v) is 5.48. The molecule has 0 amide bonds. The highest BCUT2D eigenvalue weighted by atomic mass is 16.7. The summed E-state index contributed by atoms with van der Waals surface area (Å²) in [6, 6.07) is 27.3. The molecule has 0 N–H and O–H groups in total. The van der Waals surface area contributed by atoms with Crippen molar-refractivity contribution in [2.24, 2.45) is 0 Å². The SMILES string of the molecule is C=C(/C=C/c1ccc(C(=O)O[C@H]2CO[C@H]3[C@@H]2OC[C@H]3OC(=O)c2ccc(/C=C/C(=O)Oc3ccc(OC)cc3)cc2)cc1)Oc1ccc(OC)cc1. The average molecular weight is 705 g/mol.